The quantitative estimate of drug-likeness (QED) is 0.319. The van der Waals surface area contributed by atoms with Gasteiger partial charge in [-0.15, -0.1) is 11.8 Å². The summed E-state index contributed by atoms with van der Waals surface area (Å²) in [5.41, 5.74) is 4.20. The van der Waals surface area contributed by atoms with Gasteiger partial charge in [0, 0.05) is 16.8 Å². The standard InChI is InChI=1S/C15H13ClN4OS.C2H6/c16-12-6-11(22-9-10-4-2-1-3-5-10)8-20-13(15(21)19-17)7-18-14(12)20;1-2/h1-8H,9,17H2,(H,19,21);1-2H3. The van der Waals surface area contributed by atoms with Gasteiger partial charge in [0.05, 0.1) is 11.2 Å². The molecule has 0 aliphatic heterocycles. The molecule has 0 saturated carbocycles. The number of amides is 1. The Hall–Kier alpha value is -2.02. The summed E-state index contributed by atoms with van der Waals surface area (Å²) < 4.78 is 1.65. The molecule has 0 atom stereocenters. The van der Waals surface area contributed by atoms with E-state index in [2.05, 4.69) is 22.5 Å². The van der Waals surface area contributed by atoms with Gasteiger partial charge in [-0.3, -0.25) is 14.6 Å². The maximum absolute atomic E-state index is 11.7. The lowest BCUT2D eigenvalue weighted by molar-refractivity contribution is 0.0947. The Labute approximate surface area is 150 Å². The minimum atomic E-state index is -0.409. The molecule has 0 unspecified atom stereocenters. The van der Waals surface area contributed by atoms with E-state index < -0.39 is 5.91 Å². The van der Waals surface area contributed by atoms with Gasteiger partial charge in [0.25, 0.3) is 5.91 Å². The van der Waals surface area contributed by atoms with Crippen molar-refractivity contribution < 1.29 is 4.79 Å². The highest BCUT2D eigenvalue weighted by Crippen LogP contribution is 2.28. The van der Waals surface area contributed by atoms with Gasteiger partial charge >= 0.3 is 0 Å². The van der Waals surface area contributed by atoms with Crippen LogP contribution in [0.5, 0.6) is 0 Å². The molecule has 2 aromatic heterocycles. The molecular formula is C17H19ClN4OS. The number of hydrogen-bond acceptors (Lipinski definition) is 4. The number of nitrogen functional groups attached to an aromatic ring is 1. The largest absolute Gasteiger partial charge is 0.293 e. The molecule has 0 aliphatic rings. The van der Waals surface area contributed by atoms with Crippen LogP contribution in [-0.2, 0) is 5.75 Å². The number of carbonyl (C=O) groups is 1. The highest BCUT2D eigenvalue weighted by Gasteiger charge is 2.14. The summed E-state index contributed by atoms with van der Waals surface area (Å²) in [6, 6.07) is 12.0. The van der Waals surface area contributed by atoms with Crippen molar-refractivity contribution in [3.05, 3.63) is 65.1 Å². The Morgan fingerprint density at radius 3 is 2.71 bits per heavy atom. The Morgan fingerprint density at radius 2 is 2.04 bits per heavy atom. The van der Waals surface area contributed by atoms with Gasteiger partial charge in [-0.05, 0) is 11.6 Å². The summed E-state index contributed by atoms with van der Waals surface area (Å²) in [5.74, 6) is 5.59. The van der Waals surface area contributed by atoms with E-state index in [4.69, 9.17) is 17.4 Å². The molecule has 0 spiro atoms. The molecule has 7 heteroatoms. The molecule has 0 aliphatic carbocycles. The smallest absolute Gasteiger partial charge is 0.283 e. The maximum Gasteiger partial charge on any atom is 0.283 e. The number of aromatic nitrogens is 2. The number of thioether (sulfide) groups is 1. The number of halogens is 1. The van der Waals surface area contributed by atoms with Crippen molar-refractivity contribution in [3.63, 3.8) is 0 Å². The van der Waals surface area contributed by atoms with Crippen LogP contribution in [0.15, 0.2) is 53.7 Å². The van der Waals surface area contributed by atoms with Crippen molar-refractivity contribution in [1.29, 1.82) is 0 Å². The van der Waals surface area contributed by atoms with E-state index in [9.17, 15) is 4.79 Å². The number of imidazole rings is 1. The topological polar surface area (TPSA) is 72.4 Å². The zero-order valence-corrected chi connectivity index (χ0v) is 15.1. The molecular weight excluding hydrogens is 344 g/mol. The Bertz CT molecular complexity index is 820. The van der Waals surface area contributed by atoms with Crippen molar-refractivity contribution in [3.8, 4) is 0 Å². The molecule has 3 N–H and O–H groups in total. The zero-order chi connectivity index (χ0) is 17.5. The monoisotopic (exact) mass is 362 g/mol. The van der Waals surface area contributed by atoms with Crippen LogP contribution in [0.2, 0.25) is 5.02 Å². The number of carbonyl (C=O) groups excluding carboxylic acids is 1. The van der Waals surface area contributed by atoms with Crippen LogP contribution < -0.4 is 11.3 Å². The first kappa shape index (κ1) is 18.3. The molecule has 0 radical (unpaired) electrons. The number of hydrogen-bond donors (Lipinski definition) is 2. The number of fused-ring (bicyclic) bond motifs is 1. The SMILES string of the molecule is CC.NNC(=O)c1cnc2c(Cl)cc(SCc3ccccc3)cn12. The third-order valence-electron chi connectivity index (χ3n) is 3.15. The van der Waals surface area contributed by atoms with Gasteiger partial charge < -0.3 is 0 Å². The molecule has 126 valence electrons. The number of hydrazine groups is 1. The summed E-state index contributed by atoms with van der Waals surface area (Å²) in [4.78, 5) is 16.8. The third kappa shape index (κ3) is 4.08. The second-order valence-electron chi connectivity index (χ2n) is 4.61. The van der Waals surface area contributed by atoms with Crippen LogP contribution >= 0.6 is 23.4 Å². The van der Waals surface area contributed by atoms with Crippen LogP contribution in [0.25, 0.3) is 5.65 Å². The van der Waals surface area contributed by atoms with E-state index in [1.165, 1.54) is 11.8 Å². The molecule has 0 saturated heterocycles. The average molecular weight is 363 g/mol. The van der Waals surface area contributed by atoms with E-state index >= 15 is 0 Å². The van der Waals surface area contributed by atoms with E-state index in [-0.39, 0.29) is 0 Å². The lowest BCUT2D eigenvalue weighted by Gasteiger charge is -2.06. The molecule has 5 nitrogen and oxygen atoms in total. The second kappa shape index (κ2) is 8.73. The minimum absolute atomic E-state index is 0.349. The maximum atomic E-state index is 11.7. The van der Waals surface area contributed by atoms with Crippen molar-refractivity contribution in [2.45, 2.75) is 24.5 Å². The number of nitrogens with two attached hydrogens (primary N) is 1. The first-order chi connectivity index (χ1) is 11.7. The third-order valence-corrected chi connectivity index (χ3v) is 4.46. The molecule has 0 bridgehead atoms. The fourth-order valence-corrected chi connectivity index (χ4v) is 3.31. The number of nitrogens with zero attached hydrogens (tertiary/aromatic N) is 2. The van der Waals surface area contributed by atoms with Crippen molar-refractivity contribution in [2.75, 3.05) is 0 Å². The van der Waals surface area contributed by atoms with Gasteiger partial charge in [0.1, 0.15) is 5.69 Å². The Balaban J connectivity index is 0.00000100. The van der Waals surface area contributed by atoms with E-state index in [1.54, 1.807) is 16.2 Å². The first-order valence-corrected chi connectivity index (χ1v) is 8.89. The van der Waals surface area contributed by atoms with Crippen molar-refractivity contribution in [2.24, 2.45) is 5.84 Å². The zero-order valence-electron chi connectivity index (χ0n) is 13.5. The number of pyridine rings is 1. The van der Waals surface area contributed by atoms with Gasteiger partial charge in [-0.1, -0.05) is 55.8 Å². The number of nitrogens with one attached hydrogen (secondary N) is 1. The molecule has 1 amide bonds. The first-order valence-electron chi connectivity index (χ1n) is 7.53. The van der Waals surface area contributed by atoms with Gasteiger partial charge in [0.2, 0.25) is 0 Å². The lowest BCUT2D eigenvalue weighted by Crippen LogP contribution is -2.30. The lowest BCUT2D eigenvalue weighted by atomic mass is 10.2. The van der Waals surface area contributed by atoms with Gasteiger partial charge in [-0.2, -0.15) is 0 Å². The van der Waals surface area contributed by atoms with Crippen LogP contribution in [0.3, 0.4) is 0 Å². The van der Waals surface area contributed by atoms with Crippen LogP contribution in [0, 0.1) is 0 Å². The highest BCUT2D eigenvalue weighted by atomic mass is 35.5. The van der Waals surface area contributed by atoms with E-state index in [0.717, 1.165) is 10.6 Å². The molecule has 1 aromatic carbocycles. The summed E-state index contributed by atoms with van der Waals surface area (Å²) in [7, 11) is 0. The van der Waals surface area contributed by atoms with Gasteiger partial charge in [0.15, 0.2) is 5.65 Å². The van der Waals surface area contributed by atoms with E-state index in [1.807, 2.05) is 44.3 Å². The molecule has 3 aromatic rings. The Morgan fingerprint density at radius 1 is 1.33 bits per heavy atom. The van der Waals surface area contributed by atoms with Crippen LogP contribution in [0.4, 0.5) is 0 Å². The summed E-state index contributed by atoms with van der Waals surface area (Å²) in [6.07, 6.45) is 3.29. The van der Waals surface area contributed by atoms with Gasteiger partial charge in [-0.25, -0.2) is 10.8 Å². The summed E-state index contributed by atoms with van der Waals surface area (Å²) in [6.45, 7) is 4.00. The fourth-order valence-electron chi connectivity index (χ4n) is 2.08. The van der Waals surface area contributed by atoms with Crippen molar-refractivity contribution in [1.82, 2.24) is 14.8 Å². The molecule has 2 heterocycles. The Kier molecular flexibility index (Phi) is 6.66. The second-order valence-corrected chi connectivity index (χ2v) is 6.06. The predicted octanol–water partition coefficient (Wildman–Crippen LogP) is 3.91. The van der Waals surface area contributed by atoms with Crippen LogP contribution in [0.1, 0.15) is 29.9 Å². The number of benzene rings is 1. The fraction of sp³-hybridized carbons (Fsp3) is 0.176. The average Bonchev–Trinajstić information content (AvgIpc) is 3.06. The summed E-state index contributed by atoms with van der Waals surface area (Å²) >= 11 is 7.88. The van der Waals surface area contributed by atoms with Crippen molar-refractivity contribution >= 4 is 34.9 Å². The predicted molar refractivity (Wildman–Crippen MR) is 99.2 cm³/mol. The van der Waals surface area contributed by atoms with Crippen LogP contribution in [-0.4, -0.2) is 15.3 Å². The van der Waals surface area contributed by atoms with E-state index in [0.29, 0.717) is 16.4 Å². The number of rotatable bonds is 4. The molecule has 0 fully saturated rings. The highest BCUT2D eigenvalue weighted by molar-refractivity contribution is 7.98. The minimum Gasteiger partial charge on any atom is -0.293 e. The molecule has 3 rings (SSSR count). The summed E-state index contributed by atoms with van der Waals surface area (Å²) in [5, 5.41) is 0.495. The molecule has 24 heavy (non-hydrogen) atoms. The normalized spacial score (nSPS) is 10.2.